The summed E-state index contributed by atoms with van der Waals surface area (Å²) in [5.74, 6) is 3.50. The van der Waals surface area contributed by atoms with Gasteiger partial charge in [0.1, 0.15) is 0 Å². The Balaban J connectivity index is 1.54. The van der Waals surface area contributed by atoms with Crippen LogP contribution in [0.1, 0.15) is 51.9 Å². The second-order valence-corrected chi connectivity index (χ2v) is 10.6. The van der Waals surface area contributed by atoms with Gasteiger partial charge in [-0.2, -0.15) is 0 Å². The smallest absolute Gasteiger partial charge is 0.191 e. The molecule has 2 aliphatic carbocycles. The average molecular weight is 368 g/mol. The summed E-state index contributed by atoms with van der Waals surface area (Å²) in [6.07, 6.45) is 8.75. The van der Waals surface area contributed by atoms with E-state index in [0.29, 0.717) is 30.6 Å². The van der Waals surface area contributed by atoms with Crippen LogP contribution < -0.4 is 10.6 Å². The molecule has 142 valence electrons. The molecule has 3 rings (SSSR count). The van der Waals surface area contributed by atoms with E-state index in [0.717, 1.165) is 29.8 Å². The zero-order chi connectivity index (χ0) is 17.9. The molecule has 3 aliphatic rings. The number of aliphatic imine (C=N–C) groups is 1. The van der Waals surface area contributed by atoms with Crippen LogP contribution in [0.4, 0.5) is 0 Å². The van der Waals surface area contributed by atoms with Gasteiger partial charge in [0.15, 0.2) is 15.8 Å². The number of nitrogens with one attached hydrogen (secondary N) is 2. The Labute approximate surface area is 152 Å². The minimum absolute atomic E-state index is 0.201. The zero-order valence-corrected chi connectivity index (χ0v) is 16.3. The molecule has 4 unspecified atom stereocenters. The number of guanidine groups is 1. The highest BCUT2D eigenvalue weighted by atomic mass is 32.2. The molecule has 3 fully saturated rings. The van der Waals surface area contributed by atoms with E-state index in [-0.39, 0.29) is 5.92 Å². The molecule has 1 saturated heterocycles. The van der Waals surface area contributed by atoms with E-state index in [4.69, 9.17) is 0 Å². The quantitative estimate of drug-likeness (QED) is 0.445. The van der Waals surface area contributed by atoms with E-state index in [2.05, 4.69) is 22.2 Å². The first-order valence-corrected chi connectivity index (χ1v) is 11.6. The number of nitrogens with zero attached hydrogens (tertiary/aromatic N) is 1. The topological polar surface area (TPSA) is 70.6 Å². The first-order valence-electron chi connectivity index (χ1n) is 9.81. The van der Waals surface area contributed by atoms with Crippen molar-refractivity contribution < 1.29 is 8.42 Å². The predicted molar refractivity (Wildman–Crippen MR) is 103 cm³/mol. The van der Waals surface area contributed by atoms with Gasteiger partial charge in [-0.3, -0.25) is 0 Å². The molecule has 2 saturated carbocycles. The van der Waals surface area contributed by atoms with Crippen LogP contribution in [-0.2, 0) is 9.84 Å². The highest BCUT2D eigenvalue weighted by molar-refractivity contribution is 7.91. The van der Waals surface area contributed by atoms with Gasteiger partial charge < -0.3 is 10.6 Å². The lowest BCUT2D eigenvalue weighted by atomic mass is 9.79. The van der Waals surface area contributed by atoms with Gasteiger partial charge in [-0.1, -0.05) is 31.4 Å². The van der Waals surface area contributed by atoms with Gasteiger partial charge in [-0.15, -0.1) is 0 Å². The van der Waals surface area contributed by atoms with Crippen LogP contribution in [0.25, 0.3) is 0 Å². The van der Waals surface area contributed by atoms with Crippen LogP contribution in [0.15, 0.2) is 17.1 Å². The fourth-order valence-electron chi connectivity index (χ4n) is 4.67. The molecule has 0 aromatic rings. The Morgan fingerprint density at radius 3 is 2.68 bits per heavy atom. The summed E-state index contributed by atoms with van der Waals surface area (Å²) in [6, 6.07) is 0.489. The lowest BCUT2D eigenvalue weighted by Crippen LogP contribution is -2.47. The van der Waals surface area contributed by atoms with Crippen LogP contribution in [0.2, 0.25) is 0 Å². The SMILES string of the molecule is C=C(C)CN=C(NCC1CCS(=O)(=O)C1)NC1CCC2CCCC2C1. The molecule has 0 amide bonds. The van der Waals surface area contributed by atoms with Crippen molar-refractivity contribution in [2.45, 2.75) is 57.9 Å². The van der Waals surface area contributed by atoms with Gasteiger partial charge in [-0.05, 0) is 50.4 Å². The number of sulfone groups is 1. The van der Waals surface area contributed by atoms with Gasteiger partial charge in [0.05, 0.1) is 18.1 Å². The van der Waals surface area contributed by atoms with E-state index >= 15 is 0 Å². The average Bonchev–Trinajstić information content (AvgIpc) is 3.15. The summed E-state index contributed by atoms with van der Waals surface area (Å²) in [5, 5.41) is 7.01. The van der Waals surface area contributed by atoms with E-state index in [1.165, 1.54) is 38.5 Å². The van der Waals surface area contributed by atoms with Crippen LogP contribution in [0.3, 0.4) is 0 Å². The van der Waals surface area contributed by atoms with Crippen molar-refractivity contribution in [1.82, 2.24) is 10.6 Å². The minimum Gasteiger partial charge on any atom is -0.356 e. The summed E-state index contributed by atoms with van der Waals surface area (Å²) in [5.41, 5.74) is 1.03. The Bertz CT molecular complexity index is 614. The van der Waals surface area contributed by atoms with Crippen LogP contribution >= 0.6 is 0 Å². The number of hydrogen-bond donors (Lipinski definition) is 2. The lowest BCUT2D eigenvalue weighted by Gasteiger charge is -2.33. The second kappa shape index (κ2) is 8.11. The van der Waals surface area contributed by atoms with E-state index in [9.17, 15) is 8.42 Å². The maximum Gasteiger partial charge on any atom is 0.191 e. The summed E-state index contributed by atoms with van der Waals surface area (Å²) in [4.78, 5) is 4.65. The van der Waals surface area contributed by atoms with Gasteiger partial charge in [0, 0.05) is 12.6 Å². The maximum atomic E-state index is 11.6. The standard InChI is InChI=1S/C19H33N3O2S/c1-14(2)11-20-19(21-12-15-8-9-25(23,24)13-15)22-18-7-6-16-4-3-5-17(16)10-18/h15-18H,1,3-13H2,2H3,(H2,20,21,22). The van der Waals surface area contributed by atoms with Crippen LogP contribution in [-0.4, -0.2) is 45.0 Å². The molecular weight excluding hydrogens is 334 g/mol. The van der Waals surface area contributed by atoms with Crippen LogP contribution in [0.5, 0.6) is 0 Å². The molecule has 0 bridgehead atoms. The van der Waals surface area contributed by atoms with Crippen LogP contribution in [0, 0.1) is 17.8 Å². The summed E-state index contributed by atoms with van der Waals surface area (Å²) >= 11 is 0. The van der Waals surface area contributed by atoms with Gasteiger partial charge in [0.2, 0.25) is 0 Å². The number of hydrogen-bond acceptors (Lipinski definition) is 3. The molecule has 25 heavy (non-hydrogen) atoms. The first kappa shape index (κ1) is 18.7. The molecular formula is C19H33N3O2S. The molecule has 0 aromatic heterocycles. The Kier molecular flexibility index (Phi) is 6.08. The van der Waals surface area contributed by atoms with Crippen molar-refractivity contribution in [3.05, 3.63) is 12.2 Å². The molecule has 0 spiro atoms. The molecule has 4 atom stereocenters. The first-order chi connectivity index (χ1) is 11.9. The van der Waals surface area contributed by atoms with Crippen molar-refractivity contribution in [2.75, 3.05) is 24.6 Å². The fraction of sp³-hybridized carbons (Fsp3) is 0.842. The lowest BCUT2D eigenvalue weighted by molar-refractivity contribution is 0.239. The van der Waals surface area contributed by atoms with Gasteiger partial charge in [0.25, 0.3) is 0 Å². The third-order valence-corrected chi connectivity index (χ3v) is 7.86. The number of rotatable bonds is 5. The van der Waals surface area contributed by atoms with E-state index < -0.39 is 9.84 Å². The summed E-state index contributed by atoms with van der Waals surface area (Å²) in [7, 11) is -2.82. The molecule has 0 aromatic carbocycles. The molecule has 1 heterocycles. The van der Waals surface area contributed by atoms with Crippen molar-refractivity contribution in [1.29, 1.82) is 0 Å². The van der Waals surface area contributed by atoms with Crippen molar-refractivity contribution in [3.63, 3.8) is 0 Å². The fourth-order valence-corrected chi connectivity index (χ4v) is 6.53. The minimum atomic E-state index is -2.82. The third-order valence-electron chi connectivity index (χ3n) is 6.02. The van der Waals surface area contributed by atoms with Crippen molar-refractivity contribution in [3.8, 4) is 0 Å². The highest BCUT2D eigenvalue weighted by Crippen LogP contribution is 2.42. The second-order valence-electron chi connectivity index (χ2n) is 8.38. The molecule has 0 radical (unpaired) electrons. The largest absolute Gasteiger partial charge is 0.356 e. The Morgan fingerprint density at radius 1 is 1.16 bits per heavy atom. The van der Waals surface area contributed by atoms with Gasteiger partial charge >= 0.3 is 0 Å². The normalized spacial score (nSPS) is 34.5. The Hall–Kier alpha value is -1.04. The van der Waals surface area contributed by atoms with Crippen molar-refractivity contribution >= 4 is 15.8 Å². The van der Waals surface area contributed by atoms with E-state index in [1.54, 1.807) is 0 Å². The maximum absolute atomic E-state index is 11.6. The molecule has 5 nitrogen and oxygen atoms in total. The summed E-state index contributed by atoms with van der Waals surface area (Å²) in [6.45, 7) is 7.20. The molecule has 1 aliphatic heterocycles. The van der Waals surface area contributed by atoms with Crippen molar-refractivity contribution in [2.24, 2.45) is 22.7 Å². The Morgan fingerprint density at radius 2 is 1.96 bits per heavy atom. The molecule has 2 N–H and O–H groups in total. The molecule has 6 heteroatoms. The highest BCUT2D eigenvalue weighted by Gasteiger charge is 2.34. The van der Waals surface area contributed by atoms with Gasteiger partial charge in [-0.25, -0.2) is 13.4 Å². The predicted octanol–water partition coefficient (Wildman–Crippen LogP) is 2.50. The summed E-state index contributed by atoms with van der Waals surface area (Å²) < 4.78 is 23.3. The monoisotopic (exact) mass is 367 g/mol. The zero-order valence-electron chi connectivity index (χ0n) is 15.5. The van der Waals surface area contributed by atoms with E-state index in [1.807, 2.05) is 6.92 Å². The number of fused-ring (bicyclic) bond motifs is 1. The third kappa shape index (κ3) is 5.47.